The van der Waals surface area contributed by atoms with Crippen LogP contribution in [0.25, 0.3) is 12.2 Å². The number of thiocarbonyl (C=S) groups is 1. The van der Waals surface area contributed by atoms with Crippen molar-refractivity contribution in [3.8, 4) is 0 Å². The molecule has 3 nitrogen and oxygen atoms in total. The van der Waals surface area contributed by atoms with Crippen LogP contribution in [-0.4, -0.2) is 66.9 Å². The van der Waals surface area contributed by atoms with E-state index in [-0.39, 0.29) is 5.91 Å². The van der Waals surface area contributed by atoms with Gasteiger partial charge in [0.1, 0.15) is 0 Å². The number of nitrogens with one attached hydrogen (secondary N) is 1. The molecule has 0 saturated carbocycles. The number of carbonyl (C=O) groups is 1. The van der Waals surface area contributed by atoms with Crippen LogP contribution in [0.15, 0.2) is 41.4 Å². The molecule has 0 aliphatic carbocycles. The van der Waals surface area contributed by atoms with Gasteiger partial charge in [0.15, 0.2) is 0 Å². The quantitative estimate of drug-likeness (QED) is 0.402. The summed E-state index contributed by atoms with van der Waals surface area (Å²) in [6.45, 7) is 1.52. The van der Waals surface area contributed by atoms with Gasteiger partial charge in [-0.25, -0.2) is 0 Å². The molecule has 2 aromatic rings. The molecule has 0 saturated heterocycles. The minimum absolute atomic E-state index is 0.0472. The molecule has 1 amide bonds. The zero-order valence-corrected chi connectivity index (χ0v) is 18.2. The molecule has 0 heterocycles. The molecule has 104 valence electrons. The van der Waals surface area contributed by atoms with Crippen molar-refractivity contribution in [1.82, 2.24) is 0 Å². The van der Waals surface area contributed by atoms with Gasteiger partial charge in [-0.15, -0.1) is 0 Å². The maximum absolute atomic E-state index is 11.1. The van der Waals surface area contributed by atoms with Gasteiger partial charge in [0, 0.05) is 0 Å². The number of hydrogen-bond donors (Lipinski definition) is 1. The second-order valence-electron chi connectivity index (χ2n) is 5.33. The molecule has 0 fully saturated rings. The summed E-state index contributed by atoms with van der Waals surface area (Å²) in [5.41, 5.74) is 4.09. The Bertz CT molecular complexity index is 827. The maximum atomic E-state index is 11.1. The Morgan fingerprint density at radius 2 is 1.74 bits per heavy atom. The second-order valence-corrected chi connectivity index (χ2v) is 7.67. The molecule has 0 radical (unpaired) electrons. The molecular formula is C17H12N2Na2OS. The zero-order chi connectivity index (χ0) is 16.8. The Kier molecular flexibility index (Phi) is 7.41. The number of carbonyl (C=O) groups excluding carboxylic acids is 1. The molecular weight excluding hydrogens is 326 g/mol. The molecule has 6 heteroatoms. The summed E-state index contributed by atoms with van der Waals surface area (Å²) in [5.74, 6) is -0.0472. The van der Waals surface area contributed by atoms with E-state index in [0.29, 0.717) is 0 Å². The van der Waals surface area contributed by atoms with Gasteiger partial charge in [0.2, 0.25) is 0 Å². The van der Waals surface area contributed by atoms with Crippen LogP contribution in [-0.2, 0) is 4.79 Å². The van der Waals surface area contributed by atoms with E-state index in [0.717, 1.165) is 67.2 Å². The van der Waals surface area contributed by atoms with E-state index in [1.165, 1.54) is 23.7 Å². The van der Waals surface area contributed by atoms with E-state index in [2.05, 4.69) is 45.9 Å². The van der Waals surface area contributed by atoms with E-state index in [9.17, 15) is 4.79 Å². The van der Waals surface area contributed by atoms with Gasteiger partial charge in [-0.1, -0.05) is 0 Å². The van der Waals surface area contributed by atoms with Crippen LogP contribution in [0.5, 0.6) is 0 Å². The van der Waals surface area contributed by atoms with Gasteiger partial charge in [-0.3, -0.25) is 0 Å². The van der Waals surface area contributed by atoms with E-state index >= 15 is 0 Å². The first-order valence-electron chi connectivity index (χ1n) is 7.24. The second kappa shape index (κ2) is 9.07. The van der Waals surface area contributed by atoms with Crippen LogP contribution in [0.2, 0.25) is 0 Å². The molecule has 1 N–H and O–H groups in total. The third-order valence-corrected chi connectivity index (χ3v) is 5.28. The predicted octanol–water partition coefficient (Wildman–Crippen LogP) is 2.14. The number of isothiocyanates is 1. The van der Waals surface area contributed by atoms with Crippen molar-refractivity contribution in [2.75, 3.05) is 5.32 Å². The van der Waals surface area contributed by atoms with Crippen molar-refractivity contribution < 1.29 is 4.79 Å². The number of nitrogens with zero attached hydrogens (tertiary/aromatic N) is 1. The van der Waals surface area contributed by atoms with Crippen LogP contribution in [0.4, 0.5) is 11.4 Å². The first-order valence-corrected chi connectivity index (χ1v) is 9.65. The van der Waals surface area contributed by atoms with E-state index < -0.39 is 0 Å². The van der Waals surface area contributed by atoms with Gasteiger partial charge >= 0.3 is 178 Å². The molecule has 0 aliphatic heterocycles. The Balaban J connectivity index is 2.23. The van der Waals surface area contributed by atoms with Crippen molar-refractivity contribution in [2.24, 2.45) is 4.99 Å². The molecule has 23 heavy (non-hydrogen) atoms. The number of anilines is 1. The average Bonchev–Trinajstić information content (AvgIpc) is 2.48. The molecule has 2 rings (SSSR count). The number of hydrogen-bond acceptors (Lipinski definition) is 3. The topological polar surface area (TPSA) is 41.5 Å². The summed E-state index contributed by atoms with van der Waals surface area (Å²) in [5, 5.41) is 5.21. The monoisotopic (exact) mass is 338 g/mol. The van der Waals surface area contributed by atoms with Gasteiger partial charge < -0.3 is 0 Å². The summed E-state index contributed by atoms with van der Waals surface area (Å²) in [4.78, 5) is 15.1. The fraction of sp³-hybridized carbons (Fsp3) is 0.0588. The third kappa shape index (κ3) is 5.79. The Labute approximate surface area is 176 Å². The molecule has 0 aliphatic rings. The molecule has 2 aromatic carbocycles. The van der Waals surface area contributed by atoms with Crippen LogP contribution >= 0.6 is 12.2 Å². The Morgan fingerprint density at radius 1 is 1.13 bits per heavy atom. The molecule has 0 atom stereocenters. The standard InChI is InChI=1S/C17H12N2OS.2Na/c1-13(20)19-17-10-6-15(7-11-17)3-2-14-4-8-16(9-5-14)18-12-21;;/h2-4,6,8-11H,1H3,(H,19,20);;. The normalized spacial score (nSPS) is 10.5. The van der Waals surface area contributed by atoms with E-state index in [4.69, 9.17) is 0 Å². The van der Waals surface area contributed by atoms with Gasteiger partial charge in [0.05, 0.1) is 0 Å². The summed E-state index contributed by atoms with van der Waals surface area (Å²) in [6.07, 6.45) is 4.25. The van der Waals surface area contributed by atoms with Gasteiger partial charge in [-0.2, -0.15) is 0 Å². The third-order valence-electron chi connectivity index (χ3n) is 3.46. The number of amides is 1. The number of rotatable bonds is 4. The number of benzene rings is 2. The first-order chi connectivity index (χ1) is 11.0. The first kappa shape index (κ1) is 18.8. The average molecular weight is 338 g/mol. The number of aliphatic imine (C=N–C) groups is 1. The van der Waals surface area contributed by atoms with E-state index in [1.807, 2.05) is 30.3 Å². The van der Waals surface area contributed by atoms with Crippen molar-refractivity contribution >= 4 is 108 Å². The van der Waals surface area contributed by atoms with Crippen molar-refractivity contribution in [2.45, 2.75) is 6.92 Å². The van der Waals surface area contributed by atoms with Gasteiger partial charge in [0.25, 0.3) is 0 Å². The molecule has 0 bridgehead atoms. The van der Waals surface area contributed by atoms with Crippen molar-refractivity contribution in [3.63, 3.8) is 0 Å². The van der Waals surface area contributed by atoms with E-state index in [1.54, 1.807) is 0 Å². The Hall–Kier alpha value is -0.550. The predicted molar refractivity (Wildman–Crippen MR) is 102 cm³/mol. The fourth-order valence-corrected chi connectivity index (χ4v) is 3.67. The Morgan fingerprint density at radius 3 is 2.26 bits per heavy atom. The molecule has 0 unspecified atom stereocenters. The zero-order valence-electron chi connectivity index (χ0n) is 13.4. The minimum atomic E-state index is -0.0472. The van der Waals surface area contributed by atoms with Crippen LogP contribution in [0.3, 0.4) is 0 Å². The van der Waals surface area contributed by atoms with Crippen LogP contribution in [0, 0.1) is 0 Å². The summed E-state index contributed by atoms with van der Waals surface area (Å²) < 4.78 is 2.53. The van der Waals surface area contributed by atoms with Gasteiger partial charge in [-0.05, 0) is 0 Å². The molecule has 0 aromatic heterocycles. The van der Waals surface area contributed by atoms with Crippen LogP contribution in [0.1, 0.15) is 18.1 Å². The molecule has 0 spiro atoms. The fourth-order valence-electron chi connectivity index (χ4n) is 2.29. The SMILES string of the molecule is CC(=O)Nc1ccc(C=Cc2ccc(N=C=S)c[c]2[Na])[c]([Na])c1. The summed E-state index contributed by atoms with van der Waals surface area (Å²) in [7, 11) is 0. The summed E-state index contributed by atoms with van der Waals surface area (Å²) in [6, 6.07) is 12.1. The van der Waals surface area contributed by atoms with Crippen LogP contribution < -0.4 is 10.9 Å². The van der Waals surface area contributed by atoms with Crippen molar-refractivity contribution in [3.05, 3.63) is 47.5 Å². The summed E-state index contributed by atoms with van der Waals surface area (Å²) >= 11 is 6.49. The van der Waals surface area contributed by atoms with Crippen molar-refractivity contribution in [1.29, 1.82) is 0 Å².